The second-order valence-electron chi connectivity index (χ2n) is 4.29. The number of rotatable bonds is 4. The predicted molar refractivity (Wildman–Crippen MR) is 76.2 cm³/mol. The number of hydrogen-bond donors (Lipinski definition) is 0. The first-order valence-electron chi connectivity index (χ1n) is 5.92. The zero-order chi connectivity index (χ0) is 15.6. The number of ether oxygens (including phenoxy) is 2. The van der Waals surface area contributed by atoms with E-state index in [2.05, 4.69) is 9.97 Å². The van der Waals surface area contributed by atoms with Gasteiger partial charge in [0.1, 0.15) is 6.33 Å². The van der Waals surface area contributed by atoms with E-state index < -0.39 is 4.92 Å². The van der Waals surface area contributed by atoms with E-state index in [9.17, 15) is 10.1 Å². The molecule has 110 valence electrons. The quantitative estimate of drug-likeness (QED) is 0.488. The molecular weight excluding hydrogens is 298 g/mol. The van der Waals surface area contributed by atoms with Crippen molar-refractivity contribution in [2.75, 3.05) is 7.11 Å². The summed E-state index contributed by atoms with van der Waals surface area (Å²) in [6.45, 7) is 3.48. The molecule has 1 aromatic heterocycles. The van der Waals surface area contributed by atoms with E-state index in [0.717, 1.165) is 5.56 Å². The summed E-state index contributed by atoms with van der Waals surface area (Å²) in [6, 6.07) is 3.20. The molecule has 0 spiro atoms. The lowest BCUT2D eigenvalue weighted by Crippen LogP contribution is -2.00. The summed E-state index contributed by atoms with van der Waals surface area (Å²) in [5.41, 5.74) is 1.22. The molecule has 21 heavy (non-hydrogen) atoms. The Labute approximate surface area is 125 Å². The Balaban J connectivity index is 2.54. The summed E-state index contributed by atoms with van der Waals surface area (Å²) in [5, 5.41) is 11.2. The van der Waals surface area contributed by atoms with Crippen LogP contribution in [0.15, 0.2) is 18.5 Å². The minimum Gasteiger partial charge on any atom is -0.489 e. The van der Waals surface area contributed by atoms with Crippen molar-refractivity contribution >= 4 is 17.3 Å². The lowest BCUT2D eigenvalue weighted by Gasteiger charge is -2.12. The molecule has 0 radical (unpaired) electrons. The summed E-state index contributed by atoms with van der Waals surface area (Å²) in [7, 11) is 1.38. The number of nitro groups is 1. The van der Waals surface area contributed by atoms with Gasteiger partial charge in [0.05, 0.1) is 12.0 Å². The summed E-state index contributed by atoms with van der Waals surface area (Å²) in [5.74, 6) is 0.236. The van der Waals surface area contributed by atoms with E-state index in [1.54, 1.807) is 19.9 Å². The fraction of sp³-hybridized carbons (Fsp3) is 0.231. The molecule has 2 aromatic rings. The Hall–Kier alpha value is -2.41. The maximum Gasteiger partial charge on any atom is 0.312 e. The zero-order valence-corrected chi connectivity index (χ0v) is 12.3. The van der Waals surface area contributed by atoms with Crippen LogP contribution in [0.2, 0.25) is 5.15 Å². The number of hydrogen-bond acceptors (Lipinski definition) is 6. The second kappa shape index (κ2) is 5.92. The number of aromatic nitrogens is 2. The second-order valence-corrected chi connectivity index (χ2v) is 4.65. The summed E-state index contributed by atoms with van der Waals surface area (Å²) in [6.07, 6.45) is 1.19. The highest BCUT2D eigenvalue weighted by Crippen LogP contribution is 2.39. The first-order valence-corrected chi connectivity index (χ1v) is 6.29. The molecule has 0 atom stereocenters. The van der Waals surface area contributed by atoms with Crippen molar-refractivity contribution in [2.24, 2.45) is 0 Å². The van der Waals surface area contributed by atoms with Crippen LogP contribution in [-0.2, 0) is 0 Å². The fourth-order valence-corrected chi connectivity index (χ4v) is 2.08. The Morgan fingerprint density at radius 3 is 2.57 bits per heavy atom. The fourth-order valence-electron chi connectivity index (χ4n) is 1.88. The topological polar surface area (TPSA) is 87.4 Å². The van der Waals surface area contributed by atoms with Crippen LogP contribution in [0.5, 0.6) is 17.4 Å². The Morgan fingerprint density at radius 2 is 1.95 bits per heavy atom. The highest BCUT2D eigenvalue weighted by Gasteiger charge is 2.22. The molecule has 0 N–H and O–H groups in total. The Kier molecular flexibility index (Phi) is 4.23. The smallest absolute Gasteiger partial charge is 0.312 e. The van der Waals surface area contributed by atoms with Crippen LogP contribution < -0.4 is 9.47 Å². The standard InChI is InChI=1S/C13H12ClN3O4/c1-7-4-8(2)10(9(5-7)17(18)19)21-13-11(20-3)12(14)15-6-16-13/h4-6H,1-3H3. The molecule has 1 heterocycles. The summed E-state index contributed by atoms with van der Waals surface area (Å²) < 4.78 is 10.6. The number of methoxy groups -OCH3 is 1. The molecular formula is C13H12ClN3O4. The van der Waals surface area contributed by atoms with Gasteiger partial charge in [0.2, 0.25) is 11.5 Å². The number of halogens is 1. The number of aryl methyl sites for hydroxylation is 2. The van der Waals surface area contributed by atoms with Gasteiger partial charge in [-0.1, -0.05) is 17.7 Å². The highest BCUT2D eigenvalue weighted by molar-refractivity contribution is 6.31. The van der Waals surface area contributed by atoms with Crippen molar-refractivity contribution in [3.63, 3.8) is 0 Å². The number of nitro benzene ring substituents is 1. The zero-order valence-electron chi connectivity index (χ0n) is 11.6. The van der Waals surface area contributed by atoms with E-state index in [1.165, 1.54) is 19.5 Å². The maximum absolute atomic E-state index is 11.2. The minimum absolute atomic E-state index is 0.0209. The van der Waals surface area contributed by atoms with Crippen LogP contribution in [0.25, 0.3) is 0 Å². The van der Waals surface area contributed by atoms with Crippen molar-refractivity contribution in [2.45, 2.75) is 13.8 Å². The van der Waals surface area contributed by atoms with Crippen molar-refractivity contribution in [3.05, 3.63) is 44.9 Å². The SMILES string of the molecule is COc1c(Cl)ncnc1Oc1c(C)cc(C)cc1[N+](=O)[O-]. The van der Waals surface area contributed by atoms with Gasteiger partial charge in [-0.3, -0.25) is 10.1 Å². The molecule has 7 nitrogen and oxygen atoms in total. The lowest BCUT2D eigenvalue weighted by atomic mass is 10.1. The molecule has 0 saturated carbocycles. The molecule has 0 aliphatic heterocycles. The molecule has 2 rings (SSSR count). The summed E-state index contributed by atoms with van der Waals surface area (Å²) in [4.78, 5) is 18.3. The maximum atomic E-state index is 11.2. The van der Waals surface area contributed by atoms with Crippen LogP contribution in [-0.4, -0.2) is 22.0 Å². The first kappa shape index (κ1) is 15.0. The number of nitrogens with zero attached hydrogens (tertiary/aromatic N) is 3. The molecule has 1 aromatic carbocycles. The third-order valence-corrected chi connectivity index (χ3v) is 3.00. The molecule has 0 aliphatic rings. The van der Waals surface area contributed by atoms with Gasteiger partial charge in [-0.2, -0.15) is 4.98 Å². The van der Waals surface area contributed by atoms with E-state index in [0.29, 0.717) is 5.56 Å². The Bertz CT molecular complexity index is 706. The van der Waals surface area contributed by atoms with Gasteiger partial charge in [-0.25, -0.2) is 4.98 Å². The average Bonchev–Trinajstić information content (AvgIpc) is 2.41. The van der Waals surface area contributed by atoms with E-state index in [1.807, 2.05) is 0 Å². The van der Waals surface area contributed by atoms with E-state index in [-0.39, 0.29) is 28.2 Å². The van der Waals surface area contributed by atoms with Crippen LogP contribution >= 0.6 is 11.6 Å². The molecule has 0 saturated heterocycles. The first-order chi connectivity index (χ1) is 9.93. The monoisotopic (exact) mass is 309 g/mol. The largest absolute Gasteiger partial charge is 0.489 e. The number of benzene rings is 1. The lowest BCUT2D eigenvalue weighted by molar-refractivity contribution is -0.385. The molecule has 0 amide bonds. The van der Waals surface area contributed by atoms with Crippen molar-refractivity contribution in [1.82, 2.24) is 9.97 Å². The van der Waals surface area contributed by atoms with Gasteiger partial charge >= 0.3 is 5.69 Å². The van der Waals surface area contributed by atoms with Gasteiger partial charge in [0.25, 0.3) is 5.88 Å². The molecule has 0 bridgehead atoms. The van der Waals surface area contributed by atoms with Gasteiger partial charge in [-0.05, 0) is 25.0 Å². The predicted octanol–water partition coefficient (Wildman–Crippen LogP) is 3.46. The average molecular weight is 310 g/mol. The van der Waals surface area contributed by atoms with E-state index in [4.69, 9.17) is 21.1 Å². The molecule has 0 aliphatic carbocycles. The van der Waals surface area contributed by atoms with Gasteiger partial charge in [0, 0.05) is 6.07 Å². The molecule has 0 fully saturated rings. The van der Waals surface area contributed by atoms with Crippen molar-refractivity contribution in [3.8, 4) is 17.4 Å². The molecule has 0 unspecified atom stereocenters. The molecule has 8 heteroatoms. The van der Waals surface area contributed by atoms with Gasteiger partial charge in [0.15, 0.2) is 5.15 Å². The Morgan fingerprint density at radius 1 is 1.24 bits per heavy atom. The van der Waals surface area contributed by atoms with Crippen LogP contribution in [0, 0.1) is 24.0 Å². The minimum atomic E-state index is -0.509. The van der Waals surface area contributed by atoms with E-state index >= 15 is 0 Å². The van der Waals surface area contributed by atoms with Crippen molar-refractivity contribution in [1.29, 1.82) is 0 Å². The third kappa shape index (κ3) is 3.03. The van der Waals surface area contributed by atoms with Crippen LogP contribution in [0.1, 0.15) is 11.1 Å². The van der Waals surface area contributed by atoms with Gasteiger partial charge in [-0.15, -0.1) is 0 Å². The normalized spacial score (nSPS) is 10.3. The van der Waals surface area contributed by atoms with Crippen LogP contribution in [0.4, 0.5) is 5.69 Å². The van der Waals surface area contributed by atoms with Crippen molar-refractivity contribution < 1.29 is 14.4 Å². The summed E-state index contributed by atoms with van der Waals surface area (Å²) >= 11 is 5.87. The van der Waals surface area contributed by atoms with Crippen LogP contribution in [0.3, 0.4) is 0 Å². The highest BCUT2D eigenvalue weighted by atomic mass is 35.5. The third-order valence-electron chi connectivity index (χ3n) is 2.73. The van der Waals surface area contributed by atoms with Gasteiger partial charge < -0.3 is 9.47 Å².